The molecule has 1 aliphatic heterocycles. The first-order valence-corrected chi connectivity index (χ1v) is 5.73. The summed E-state index contributed by atoms with van der Waals surface area (Å²) < 4.78 is 5.59. The third-order valence-corrected chi connectivity index (χ3v) is 2.77. The molecule has 5 N–H and O–H groups in total. The highest BCUT2D eigenvalue weighted by atomic mass is 16.5. The van der Waals surface area contributed by atoms with E-state index >= 15 is 0 Å². The van der Waals surface area contributed by atoms with Crippen molar-refractivity contribution >= 4 is 5.91 Å². The molecule has 0 saturated carbocycles. The van der Waals surface area contributed by atoms with Crippen LogP contribution in [0.2, 0.25) is 0 Å². The van der Waals surface area contributed by atoms with Crippen LogP contribution in [0.1, 0.15) is 6.92 Å². The minimum atomic E-state index is -0.620. The van der Waals surface area contributed by atoms with Gasteiger partial charge in [-0.15, -0.1) is 0 Å². The average molecular weight is 230 g/mol. The summed E-state index contributed by atoms with van der Waals surface area (Å²) in [5.74, 6) is -0.479. The number of primary amides is 1. The van der Waals surface area contributed by atoms with E-state index in [1.807, 2.05) is 0 Å². The molecular formula is C10H22N4O2. The number of hydrogen-bond donors (Lipinski definition) is 3. The first kappa shape index (κ1) is 13.4. The molecule has 1 rings (SSSR count). The zero-order chi connectivity index (χ0) is 12.0. The summed E-state index contributed by atoms with van der Waals surface area (Å²) in [5, 5.41) is 3.10. The number of hydrogen-bond acceptors (Lipinski definition) is 5. The Labute approximate surface area is 96.3 Å². The van der Waals surface area contributed by atoms with E-state index in [9.17, 15) is 4.79 Å². The van der Waals surface area contributed by atoms with E-state index in [0.29, 0.717) is 13.1 Å². The van der Waals surface area contributed by atoms with Crippen molar-refractivity contribution in [3.8, 4) is 0 Å². The van der Waals surface area contributed by atoms with Crippen molar-refractivity contribution in [1.82, 2.24) is 10.2 Å². The first-order chi connectivity index (χ1) is 7.63. The van der Waals surface area contributed by atoms with Crippen molar-refractivity contribution in [2.75, 3.05) is 39.3 Å². The van der Waals surface area contributed by atoms with Crippen molar-refractivity contribution < 1.29 is 9.53 Å². The molecule has 0 radical (unpaired) electrons. The number of nitrogens with one attached hydrogen (secondary N) is 1. The Hall–Kier alpha value is -0.690. The van der Waals surface area contributed by atoms with E-state index in [1.165, 1.54) is 0 Å². The predicted octanol–water partition coefficient (Wildman–Crippen LogP) is -1.89. The lowest BCUT2D eigenvalue weighted by molar-refractivity contribution is -0.119. The number of likely N-dealkylation sites (N-methyl/N-ethyl adjacent to an activating group) is 1. The predicted molar refractivity (Wildman–Crippen MR) is 61.9 cm³/mol. The summed E-state index contributed by atoms with van der Waals surface area (Å²) in [6.07, 6.45) is 0.175. The topological polar surface area (TPSA) is 93.6 Å². The molecule has 6 nitrogen and oxygen atoms in total. The quantitative estimate of drug-likeness (QED) is 0.496. The number of nitrogens with zero attached hydrogens (tertiary/aromatic N) is 1. The van der Waals surface area contributed by atoms with Gasteiger partial charge in [0.1, 0.15) is 0 Å². The van der Waals surface area contributed by atoms with Gasteiger partial charge in [0, 0.05) is 26.2 Å². The largest absolute Gasteiger partial charge is 0.374 e. The van der Waals surface area contributed by atoms with Gasteiger partial charge in [-0.2, -0.15) is 0 Å². The number of nitrogens with two attached hydrogens (primary N) is 2. The molecule has 0 aliphatic carbocycles. The number of ether oxygens (including phenoxy) is 1. The fourth-order valence-electron chi connectivity index (χ4n) is 1.69. The Morgan fingerprint density at radius 1 is 1.69 bits per heavy atom. The molecule has 0 aromatic carbocycles. The summed E-state index contributed by atoms with van der Waals surface area (Å²) in [6, 6.07) is -0.620. The molecule has 1 heterocycles. The van der Waals surface area contributed by atoms with Crippen LogP contribution >= 0.6 is 0 Å². The smallest absolute Gasteiger partial charge is 0.235 e. The third-order valence-electron chi connectivity index (χ3n) is 2.77. The van der Waals surface area contributed by atoms with Gasteiger partial charge in [0.15, 0.2) is 0 Å². The zero-order valence-corrected chi connectivity index (χ0v) is 9.82. The van der Waals surface area contributed by atoms with E-state index in [2.05, 4.69) is 17.1 Å². The number of amides is 1. The van der Waals surface area contributed by atoms with Gasteiger partial charge in [-0.05, 0) is 6.54 Å². The van der Waals surface area contributed by atoms with Crippen LogP contribution in [0.5, 0.6) is 0 Å². The summed E-state index contributed by atoms with van der Waals surface area (Å²) in [6.45, 7) is 6.98. The first-order valence-electron chi connectivity index (χ1n) is 5.73. The number of carbonyl (C=O) groups is 1. The highest BCUT2D eigenvalue weighted by Gasteiger charge is 2.19. The molecule has 0 bridgehead atoms. The van der Waals surface area contributed by atoms with E-state index in [1.54, 1.807) is 0 Å². The van der Waals surface area contributed by atoms with E-state index in [-0.39, 0.29) is 6.10 Å². The second-order valence-electron chi connectivity index (χ2n) is 4.05. The Bertz CT molecular complexity index is 225. The second kappa shape index (κ2) is 6.80. The van der Waals surface area contributed by atoms with Crippen molar-refractivity contribution in [3.63, 3.8) is 0 Å². The molecular weight excluding hydrogens is 208 g/mol. The van der Waals surface area contributed by atoms with Crippen LogP contribution in [0.3, 0.4) is 0 Å². The van der Waals surface area contributed by atoms with Gasteiger partial charge >= 0.3 is 0 Å². The molecule has 16 heavy (non-hydrogen) atoms. The van der Waals surface area contributed by atoms with Gasteiger partial charge in [0.2, 0.25) is 5.91 Å². The summed E-state index contributed by atoms with van der Waals surface area (Å²) in [7, 11) is 0. The molecule has 0 aromatic heterocycles. The van der Waals surface area contributed by atoms with Crippen LogP contribution in [-0.4, -0.2) is 62.3 Å². The molecule has 1 saturated heterocycles. The minimum Gasteiger partial charge on any atom is -0.374 e. The van der Waals surface area contributed by atoms with Crippen LogP contribution < -0.4 is 16.8 Å². The fraction of sp³-hybridized carbons (Fsp3) is 0.900. The third kappa shape index (κ3) is 4.44. The van der Waals surface area contributed by atoms with Gasteiger partial charge in [-0.25, -0.2) is 0 Å². The van der Waals surface area contributed by atoms with Crippen LogP contribution in [0.25, 0.3) is 0 Å². The summed E-state index contributed by atoms with van der Waals surface area (Å²) in [4.78, 5) is 13.0. The average Bonchev–Trinajstić information content (AvgIpc) is 2.29. The Balaban J connectivity index is 2.15. The molecule has 1 amide bonds. The Kier molecular flexibility index (Phi) is 5.68. The highest BCUT2D eigenvalue weighted by Crippen LogP contribution is 2.03. The van der Waals surface area contributed by atoms with Gasteiger partial charge in [-0.1, -0.05) is 6.92 Å². The maximum absolute atomic E-state index is 10.7. The van der Waals surface area contributed by atoms with E-state index in [0.717, 1.165) is 26.2 Å². The SMILES string of the molecule is CCN1CCOC(CNCC(N)C(N)=O)C1. The Morgan fingerprint density at radius 2 is 2.44 bits per heavy atom. The lowest BCUT2D eigenvalue weighted by Crippen LogP contribution is -2.50. The van der Waals surface area contributed by atoms with Crippen LogP contribution in [0.15, 0.2) is 0 Å². The fourth-order valence-corrected chi connectivity index (χ4v) is 1.69. The molecule has 0 spiro atoms. The number of carbonyl (C=O) groups excluding carboxylic acids is 1. The van der Waals surface area contributed by atoms with Crippen LogP contribution in [0.4, 0.5) is 0 Å². The van der Waals surface area contributed by atoms with Crippen molar-refractivity contribution in [1.29, 1.82) is 0 Å². The monoisotopic (exact) mass is 230 g/mol. The lowest BCUT2D eigenvalue weighted by atomic mass is 10.2. The van der Waals surface area contributed by atoms with Crippen molar-refractivity contribution in [2.45, 2.75) is 19.1 Å². The lowest BCUT2D eigenvalue weighted by Gasteiger charge is -2.32. The van der Waals surface area contributed by atoms with Crippen LogP contribution in [-0.2, 0) is 9.53 Å². The highest BCUT2D eigenvalue weighted by molar-refractivity contribution is 5.79. The maximum atomic E-state index is 10.7. The normalized spacial score (nSPS) is 24.2. The van der Waals surface area contributed by atoms with Gasteiger partial charge < -0.3 is 21.5 Å². The summed E-state index contributed by atoms with van der Waals surface area (Å²) in [5.41, 5.74) is 10.6. The zero-order valence-electron chi connectivity index (χ0n) is 9.82. The second-order valence-corrected chi connectivity index (χ2v) is 4.05. The van der Waals surface area contributed by atoms with Gasteiger partial charge in [0.25, 0.3) is 0 Å². The van der Waals surface area contributed by atoms with Crippen molar-refractivity contribution in [2.24, 2.45) is 11.5 Å². The van der Waals surface area contributed by atoms with E-state index in [4.69, 9.17) is 16.2 Å². The Morgan fingerprint density at radius 3 is 3.06 bits per heavy atom. The number of rotatable bonds is 6. The van der Waals surface area contributed by atoms with Gasteiger partial charge in [0.05, 0.1) is 18.8 Å². The maximum Gasteiger partial charge on any atom is 0.235 e. The molecule has 2 atom stereocenters. The number of morpholine rings is 1. The summed E-state index contributed by atoms with van der Waals surface area (Å²) >= 11 is 0. The molecule has 1 fully saturated rings. The molecule has 94 valence electrons. The van der Waals surface area contributed by atoms with Crippen molar-refractivity contribution in [3.05, 3.63) is 0 Å². The van der Waals surface area contributed by atoms with Gasteiger partial charge in [-0.3, -0.25) is 9.69 Å². The molecule has 6 heteroatoms. The van der Waals surface area contributed by atoms with E-state index < -0.39 is 11.9 Å². The molecule has 1 aliphatic rings. The van der Waals surface area contributed by atoms with Crippen LogP contribution in [0, 0.1) is 0 Å². The molecule has 2 unspecified atom stereocenters. The molecule has 0 aromatic rings. The standard InChI is InChI=1S/C10H22N4O2/c1-2-14-3-4-16-8(7-14)5-13-6-9(11)10(12)15/h8-9,13H,2-7,11H2,1H3,(H2,12,15). The minimum absolute atomic E-state index is 0.175.